The molecule has 0 saturated heterocycles. The quantitative estimate of drug-likeness (QED) is 0.370. The highest BCUT2D eigenvalue weighted by atomic mass is 32.2. The summed E-state index contributed by atoms with van der Waals surface area (Å²) < 4.78 is 18.5. The first-order valence-corrected chi connectivity index (χ1v) is 9.89. The average Bonchev–Trinajstić information content (AvgIpc) is 2.64. The summed E-state index contributed by atoms with van der Waals surface area (Å²) in [6.07, 6.45) is 0. The zero-order chi connectivity index (χ0) is 20.7. The van der Waals surface area contributed by atoms with Crippen LogP contribution < -0.4 is 15.8 Å². The van der Waals surface area contributed by atoms with Gasteiger partial charge in [-0.2, -0.15) is 0 Å². The van der Waals surface area contributed by atoms with E-state index in [1.54, 1.807) is 6.07 Å². The minimum Gasteiger partial charge on any atom is -0.371 e. The number of nitrogens with one attached hydrogen (secondary N) is 2. The number of rotatable bonds is 6. The molecule has 0 fully saturated rings. The lowest BCUT2D eigenvalue weighted by atomic mass is 9.87. The maximum absolute atomic E-state index is 14.0. The lowest BCUT2D eigenvalue weighted by Crippen LogP contribution is -2.34. The van der Waals surface area contributed by atoms with Crippen molar-refractivity contribution >= 4 is 35.5 Å². The fraction of sp³-hybridized carbons (Fsp3) is 0.300. The van der Waals surface area contributed by atoms with E-state index >= 15 is 0 Å². The van der Waals surface area contributed by atoms with Crippen molar-refractivity contribution in [1.82, 2.24) is 10.6 Å². The van der Waals surface area contributed by atoms with Crippen molar-refractivity contribution in [2.24, 2.45) is 5.14 Å². The fourth-order valence-electron chi connectivity index (χ4n) is 2.47. The molecule has 0 unspecified atom stereocenters. The smallest absolute Gasteiger partial charge is 0.354 e. The molecular formula is C20H24FN3O2S2. The van der Waals surface area contributed by atoms with Gasteiger partial charge in [-0.1, -0.05) is 51.1 Å². The summed E-state index contributed by atoms with van der Waals surface area (Å²) in [7, 11) is 0. The second kappa shape index (κ2) is 9.86. The minimum atomic E-state index is -0.820. The van der Waals surface area contributed by atoms with Crippen molar-refractivity contribution < 1.29 is 13.4 Å². The average molecular weight is 422 g/mol. The van der Waals surface area contributed by atoms with Gasteiger partial charge >= 0.3 is 5.97 Å². The van der Waals surface area contributed by atoms with Gasteiger partial charge < -0.3 is 14.8 Å². The predicted octanol–water partition coefficient (Wildman–Crippen LogP) is 3.97. The SMILES string of the molecule is CC(C)(C)c1ccc(CNC(=S)NCc2ccc(C(=O)OSN)c(F)c2)cc1. The van der Waals surface area contributed by atoms with Crippen LogP contribution in [0.3, 0.4) is 0 Å². The summed E-state index contributed by atoms with van der Waals surface area (Å²) in [5.41, 5.74) is 2.99. The Morgan fingerprint density at radius 2 is 1.68 bits per heavy atom. The summed E-state index contributed by atoms with van der Waals surface area (Å²) in [5, 5.41) is 11.6. The Morgan fingerprint density at radius 3 is 2.21 bits per heavy atom. The van der Waals surface area contributed by atoms with Crippen molar-refractivity contribution in [3.63, 3.8) is 0 Å². The third kappa shape index (κ3) is 6.47. The van der Waals surface area contributed by atoms with E-state index in [1.807, 2.05) is 0 Å². The molecule has 0 amide bonds. The molecule has 0 aliphatic rings. The highest BCUT2D eigenvalue weighted by molar-refractivity contribution is 7.92. The van der Waals surface area contributed by atoms with Gasteiger partial charge in [-0.3, -0.25) is 0 Å². The van der Waals surface area contributed by atoms with Crippen molar-refractivity contribution in [2.45, 2.75) is 39.3 Å². The highest BCUT2D eigenvalue weighted by Crippen LogP contribution is 2.22. The van der Waals surface area contributed by atoms with Crippen LogP contribution in [-0.2, 0) is 22.7 Å². The number of halogens is 1. The zero-order valence-corrected chi connectivity index (χ0v) is 17.7. The normalized spacial score (nSPS) is 11.0. The van der Waals surface area contributed by atoms with E-state index < -0.39 is 11.8 Å². The molecule has 28 heavy (non-hydrogen) atoms. The molecule has 4 N–H and O–H groups in total. The van der Waals surface area contributed by atoms with E-state index in [-0.39, 0.29) is 11.0 Å². The van der Waals surface area contributed by atoms with Crippen LogP contribution in [0.1, 0.15) is 47.8 Å². The molecule has 0 aromatic heterocycles. The van der Waals surface area contributed by atoms with Crippen LogP contribution in [0.2, 0.25) is 0 Å². The van der Waals surface area contributed by atoms with Gasteiger partial charge in [-0.15, -0.1) is 0 Å². The summed E-state index contributed by atoms with van der Waals surface area (Å²) in [5.74, 6) is -1.49. The zero-order valence-electron chi connectivity index (χ0n) is 16.0. The van der Waals surface area contributed by atoms with E-state index in [2.05, 4.69) is 59.9 Å². The third-order valence-corrected chi connectivity index (χ3v) is 4.64. The number of hydrogen-bond acceptors (Lipinski definition) is 5. The van der Waals surface area contributed by atoms with E-state index in [0.717, 1.165) is 5.56 Å². The predicted molar refractivity (Wildman–Crippen MR) is 115 cm³/mol. The second-order valence-electron chi connectivity index (χ2n) is 7.26. The topological polar surface area (TPSA) is 76.4 Å². The molecule has 2 rings (SSSR count). The van der Waals surface area contributed by atoms with Crippen LogP contribution in [0.25, 0.3) is 0 Å². The molecule has 0 heterocycles. The number of benzene rings is 2. The molecular weight excluding hydrogens is 397 g/mol. The molecule has 0 radical (unpaired) electrons. The van der Waals surface area contributed by atoms with Gasteiger partial charge in [0.2, 0.25) is 0 Å². The van der Waals surface area contributed by atoms with Crippen molar-refractivity contribution in [1.29, 1.82) is 0 Å². The monoisotopic (exact) mass is 421 g/mol. The Morgan fingerprint density at radius 1 is 1.11 bits per heavy atom. The third-order valence-electron chi connectivity index (χ3n) is 4.10. The van der Waals surface area contributed by atoms with Gasteiger partial charge in [0.1, 0.15) is 18.0 Å². The van der Waals surface area contributed by atoms with Crippen LogP contribution in [0.5, 0.6) is 0 Å². The first-order valence-electron chi connectivity index (χ1n) is 8.68. The van der Waals surface area contributed by atoms with Crippen LogP contribution in [0, 0.1) is 5.82 Å². The molecule has 0 aliphatic heterocycles. The van der Waals surface area contributed by atoms with Crippen LogP contribution in [0.4, 0.5) is 4.39 Å². The maximum Gasteiger partial charge on any atom is 0.354 e. The van der Waals surface area contributed by atoms with Gasteiger partial charge in [-0.25, -0.2) is 14.3 Å². The molecule has 8 heteroatoms. The summed E-state index contributed by atoms with van der Waals surface area (Å²) in [6, 6.07) is 12.6. The van der Waals surface area contributed by atoms with Gasteiger partial charge in [-0.05, 0) is 46.5 Å². The number of carbonyl (C=O) groups is 1. The molecule has 0 spiro atoms. The Bertz CT molecular complexity index is 836. The lowest BCUT2D eigenvalue weighted by Gasteiger charge is -2.19. The number of nitrogens with two attached hydrogens (primary N) is 1. The molecule has 0 saturated carbocycles. The van der Waals surface area contributed by atoms with Gasteiger partial charge in [0.25, 0.3) is 0 Å². The Hall–Kier alpha value is -2.16. The minimum absolute atomic E-state index is 0.119. The van der Waals surface area contributed by atoms with E-state index in [9.17, 15) is 9.18 Å². The first-order chi connectivity index (χ1) is 13.2. The summed E-state index contributed by atoms with van der Waals surface area (Å²) in [4.78, 5) is 11.5. The Balaban J connectivity index is 1.84. The molecule has 5 nitrogen and oxygen atoms in total. The van der Waals surface area contributed by atoms with Gasteiger partial charge in [0.05, 0.1) is 5.56 Å². The number of thiocarbonyl (C=S) groups is 1. The molecule has 2 aromatic rings. The van der Waals surface area contributed by atoms with E-state index in [1.165, 1.54) is 17.7 Å². The number of carbonyl (C=O) groups excluding carboxylic acids is 1. The maximum atomic E-state index is 14.0. The summed E-state index contributed by atoms with van der Waals surface area (Å²) >= 11 is 5.65. The van der Waals surface area contributed by atoms with Crippen molar-refractivity contribution in [3.8, 4) is 0 Å². The van der Waals surface area contributed by atoms with Crippen molar-refractivity contribution in [2.75, 3.05) is 0 Å². The van der Waals surface area contributed by atoms with Crippen molar-refractivity contribution in [3.05, 3.63) is 70.5 Å². The van der Waals surface area contributed by atoms with E-state index in [4.69, 9.17) is 17.4 Å². The van der Waals surface area contributed by atoms with E-state index in [0.29, 0.717) is 36.0 Å². The van der Waals surface area contributed by atoms with Crippen LogP contribution >= 0.6 is 24.4 Å². The standard InChI is InChI=1S/C20H24FN3O2S2/c1-20(2,3)15-7-4-13(5-8-15)11-23-19(27)24-12-14-6-9-16(17(21)10-14)18(25)26-28-22/h4-10H,11-12,22H2,1-3H3,(H2,23,24,27). The second-order valence-corrected chi connectivity index (χ2v) is 8.03. The van der Waals surface area contributed by atoms with Crippen LogP contribution in [0.15, 0.2) is 42.5 Å². The first kappa shape index (κ1) is 22.1. The molecule has 150 valence electrons. The molecule has 0 bridgehead atoms. The molecule has 2 aromatic carbocycles. The fourth-order valence-corrected chi connectivity index (χ4v) is 2.79. The highest BCUT2D eigenvalue weighted by Gasteiger charge is 2.14. The molecule has 0 atom stereocenters. The summed E-state index contributed by atoms with van der Waals surface area (Å²) in [6.45, 7) is 7.44. The largest absolute Gasteiger partial charge is 0.371 e. The van der Waals surface area contributed by atoms with Crippen LogP contribution in [-0.4, -0.2) is 11.1 Å². The molecule has 0 aliphatic carbocycles. The Labute approximate surface area is 174 Å². The van der Waals surface area contributed by atoms with Gasteiger partial charge in [0, 0.05) is 13.1 Å². The van der Waals surface area contributed by atoms with Gasteiger partial charge in [0.15, 0.2) is 5.11 Å². The lowest BCUT2D eigenvalue weighted by molar-refractivity contribution is 0.0763. The Kier molecular flexibility index (Phi) is 7.79. The number of hydrogen-bond donors (Lipinski definition) is 3.